The number of aromatic nitrogens is 2. The Morgan fingerprint density at radius 1 is 0.906 bits per heavy atom. The van der Waals surface area contributed by atoms with Crippen LogP contribution in [0.1, 0.15) is 5.56 Å². The standard InChI is InChI=1S/C24H26Cl2N6/c1-30-8-10-31(11-9-30)23-5-2-17(14-28-23)18-13-22-24(29-15-18)27-6-7-32(22)16-19-12-20(25)3-4-21(19)26/h2-5,12-15H,6-11,16H2,1H3,(H,27,29). The van der Waals surface area contributed by atoms with Crippen molar-refractivity contribution in [3.63, 3.8) is 0 Å². The third kappa shape index (κ3) is 4.49. The van der Waals surface area contributed by atoms with Gasteiger partial charge in [0.15, 0.2) is 0 Å². The molecule has 5 rings (SSSR count). The van der Waals surface area contributed by atoms with Gasteiger partial charge in [-0.1, -0.05) is 23.2 Å². The highest BCUT2D eigenvalue weighted by Gasteiger charge is 2.20. The number of rotatable bonds is 4. The summed E-state index contributed by atoms with van der Waals surface area (Å²) in [6, 6.07) is 12.0. The lowest BCUT2D eigenvalue weighted by molar-refractivity contribution is 0.312. The Labute approximate surface area is 198 Å². The van der Waals surface area contributed by atoms with Gasteiger partial charge in [-0.3, -0.25) is 0 Å². The summed E-state index contributed by atoms with van der Waals surface area (Å²) >= 11 is 12.6. The molecule has 4 heterocycles. The quantitative estimate of drug-likeness (QED) is 0.601. The van der Waals surface area contributed by atoms with E-state index < -0.39 is 0 Å². The van der Waals surface area contributed by atoms with Gasteiger partial charge in [0, 0.05) is 79.4 Å². The van der Waals surface area contributed by atoms with Crippen molar-refractivity contribution in [2.45, 2.75) is 6.54 Å². The average Bonchev–Trinajstić information content (AvgIpc) is 2.82. The minimum Gasteiger partial charge on any atom is -0.367 e. The van der Waals surface area contributed by atoms with E-state index in [4.69, 9.17) is 33.2 Å². The zero-order valence-corrected chi connectivity index (χ0v) is 19.6. The topological polar surface area (TPSA) is 47.5 Å². The second-order valence-corrected chi connectivity index (χ2v) is 9.21. The van der Waals surface area contributed by atoms with Gasteiger partial charge < -0.3 is 20.0 Å². The summed E-state index contributed by atoms with van der Waals surface area (Å²) in [4.78, 5) is 16.4. The molecule has 8 heteroatoms. The van der Waals surface area contributed by atoms with E-state index in [1.807, 2.05) is 30.6 Å². The van der Waals surface area contributed by atoms with Gasteiger partial charge in [0.2, 0.25) is 0 Å². The van der Waals surface area contributed by atoms with E-state index in [0.29, 0.717) is 11.6 Å². The summed E-state index contributed by atoms with van der Waals surface area (Å²) in [6.07, 6.45) is 3.86. The third-order valence-corrected chi connectivity index (χ3v) is 6.76. The lowest BCUT2D eigenvalue weighted by Crippen LogP contribution is -2.44. The van der Waals surface area contributed by atoms with Gasteiger partial charge in [-0.15, -0.1) is 0 Å². The van der Waals surface area contributed by atoms with Crippen LogP contribution in [0.3, 0.4) is 0 Å². The summed E-state index contributed by atoms with van der Waals surface area (Å²) < 4.78 is 0. The molecule has 0 amide bonds. The highest BCUT2D eigenvalue weighted by molar-refractivity contribution is 6.33. The summed E-state index contributed by atoms with van der Waals surface area (Å²) in [5.74, 6) is 1.92. The Bertz CT molecular complexity index is 1100. The molecule has 6 nitrogen and oxygen atoms in total. The van der Waals surface area contributed by atoms with Crippen molar-refractivity contribution >= 4 is 40.5 Å². The number of anilines is 3. The molecule has 0 bridgehead atoms. The van der Waals surface area contributed by atoms with Crippen LogP contribution >= 0.6 is 23.2 Å². The van der Waals surface area contributed by atoms with Gasteiger partial charge in [-0.05, 0) is 49.0 Å². The van der Waals surface area contributed by atoms with Crippen LogP contribution in [0, 0.1) is 0 Å². The van der Waals surface area contributed by atoms with Crippen molar-refractivity contribution in [3.05, 3.63) is 64.4 Å². The molecule has 2 aliphatic heterocycles. The molecule has 0 atom stereocenters. The molecule has 0 spiro atoms. The van der Waals surface area contributed by atoms with E-state index >= 15 is 0 Å². The number of hydrogen-bond donors (Lipinski definition) is 1. The average molecular weight is 469 g/mol. The lowest BCUT2D eigenvalue weighted by Gasteiger charge is -2.33. The molecule has 1 fully saturated rings. The first-order valence-electron chi connectivity index (χ1n) is 10.9. The molecular formula is C24H26Cl2N6. The van der Waals surface area contributed by atoms with Crippen LogP contribution in [0.2, 0.25) is 10.0 Å². The number of fused-ring (bicyclic) bond motifs is 1. The van der Waals surface area contributed by atoms with Crippen molar-refractivity contribution in [3.8, 4) is 11.1 Å². The van der Waals surface area contributed by atoms with Crippen molar-refractivity contribution < 1.29 is 0 Å². The zero-order chi connectivity index (χ0) is 22.1. The first-order valence-corrected chi connectivity index (χ1v) is 11.6. The van der Waals surface area contributed by atoms with Gasteiger partial charge >= 0.3 is 0 Å². The Morgan fingerprint density at radius 2 is 1.72 bits per heavy atom. The summed E-state index contributed by atoms with van der Waals surface area (Å²) in [7, 11) is 2.16. The molecular weight excluding hydrogens is 443 g/mol. The number of piperazine rings is 1. The first kappa shape index (κ1) is 21.3. The van der Waals surface area contributed by atoms with Crippen LogP contribution < -0.4 is 15.1 Å². The maximum Gasteiger partial charge on any atom is 0.149 e. The van der Waals surface area contributed by atoms with Gasteiger partial charge in [-0.25, -0.2) is 9.97 Å². The van der Waals surface area contributed by atoms with Crippen molar-refractivity contribution in [1.29, 1.82) is 0 Å². The van der Waals surface area contributed by atoms with E-state index in [1.165, 1.54) is 0 Å². The fourth-order valence-electron chi connectivity index (χ4n) is 4.23. The minimum atomic E-state index is 0.680. The van der Waals surface area contributed by atoms with Crippen LogP contribution in [0.15, 0.2) is 48.8 Å². The molecule has 0 aliphatic carbocycles. The molecule has 1 saturated heterocycles. The highest BCUT2D eigenvalue weighted by Crippen LogP contribution is 2.34. The number of pyridine rings is 2. The smallest absolute Gasteiger partial charge is 0.149 e. The molecule has 2 aromatic heterocycles. The van der Waals surface area contributed by atoms with Crippen molar-refractivity contribution in [2.24, 2.45) is 0 Å². The molecule has 0 radical (unpaired) electrons. The summed E-state index contributed by atoms with van der Waals surface area (Å²) in [5.41, 5.74) is 4.18. The largest absolute Gasteiger partial charge is 0.367 e. The fourth-order valence-corrected chi connectivity index (χ4v) is 4.60. The maximum atomic E-state index is 6.43. The maximum absolute atomic E-state index is 6.43. The lowest BCUT2D eigenvalue weighted by atomic mass is 10.1. The van der Waals surface area contributed by atoms with E-state index in [-0.39, 0.29) is 0 Å². The Balaban J connectivity index is 1.39. The molecule has 0 unspecified atom stereocenters. The van der Waals surface area contributed by atoms with Crippen LogP contribution in [-0.2, 0) is 6.54 Å². The van der Waals surface area contributed by atoms with Crippen LogP contribution in [-0.4, -0.2) is 61.2 Å². The predicted molar refractivity (Wildman–Crippen MR) is 133 cm³/mol. The van der Waals surface area contributed by atoms with Crippen LogP contribution in [0.4, 0.5) is 17.3 Å². The predicted octanol–water partition coefficient (Wildman–Crippen LogP) is 4.63. The number of hydrogen-bond acceptors (Lipinski definition) is 6. The number of nitrogens with zero attached hydrogens (tertiary/aromatic N) is 5. The molecule has 1 N–H and O–H groups in total. The van der Waals surface area contributed by atoms with E-state index in [0.717, 1.165) is 78.3 Å². The monoisotopic (exact) mass is 468 g/mol. The fraction of sp³-hybridized carbons (Fsp3) is 0.333. The van der Waals surface area contributed by atoms with Gasteiger partial charge in [0.1, 0.15) is 11.6 Å². The minimum absolute atomic E-state index is 0.680. The van der Waals surface area contributed by atoms with Gasteiger partial charge in [0.05, 0.1) is 5.69 Å². The normalized spacial score (nSPS) is 16.6. The van der Waals surface area contributed by atoms with Crippen LogP contribution in [0.5, 0.6) is 0 Å². The van der Waals surface area contributed by atoms with Crippen LogP contribution in [0.25, 0.3) is 11.1 Å². The number of benzene rings is 1. The third-order valence-electron chi connectivity index (χ3n) is 6.16. The van der Waals surface area contributed by atoms with E-state index in [1.54, 1.807) is 0 Å². The number of halogens is 2. The summed E-state index contributed by atoms with van der Waals surface area (Å²) in [6.45, 7) is 6.53. The molecule has 2 aliphatic rings. The zero-order valence-electron chi connectivity index (χ0n) is 18.1. The first-order chi connectivity index (χ1) is 15.6. The second kappa shape index (κ2) is 9.14. The van der Waals surface area contributed by atoms with Crippen molar-refractivity contribution in [1.82, 2.24) is 14.9 Å². The molecule has 0 saturated carbocycles. The highest BCUT2D eigenvalue weighted by atomic mass is 35.5. The molecule has 32 heavy (non-hydrogen) atoms. The molecule has 3 aromatic rings. The van der Waals surface area contributed by atoms with E-state index in [2.05, 4.69) is 45.3 Å². The SMILES string of the molecule is CN1CCN(c2ccc(-c3cnc4c(c3)N(Cc3cc(Cl)ccc3Cl)CCN4)cn2)CC1. The number of nitrogens with one attached hydrogen (secondary N) is 1. The van der Waals surface area contributed by atoms with E-state index in [9.17, 15) is 0 Å². The molecule has 166 valence electrons. The second-order valence-electron chi connectivity index (χ2n) is 8.37. The van der Waals surface area contributed by atoms with Gasteiger partial charge in [-0.2, -0.15) is 0 Å². The Hall–Kier alpha value is -2.54. The van der Waals surface area contributed by atoms with Gasteiger partial charge in [0.25, 0.3) is 0 Å². The Kier molecular flexibility index (Phi) is 6.09. The molecule has 1 aromatic carbocycles. The van der Waals surface area contributed by atoms with Crippen molar-refractivity contribution in [2.75, 3.05) is 61.4 Å². The number of likely N-dealkylation sites (N-methyl/N-ethyl adjacent to an activating group) is 1. The Morgan fingerprint density at radius 3 is 2.50 bits per heavy atom. The summed E-state index contributed by atoms with van der Waals surface area (Å²) in [5, 5.41) is 4.82.